The smallest absolute Gasteiger partial charge is 0.258 e. The molecule has 0 atom stereocenters. The number of pyridine rings is 1. The first kappa shape index (κ1) is 16.6. The van der Waals surface area contributed by atoms with E-state index in [0.29, 0.717) is 11.8 Å². The van der Waals surface area contributed by atoms with Crippen LogP contribution < -0.4 is 14.8 Å². The van der Waals surface area contributed by atoms with E-state index in [4.69, 9.17) is 9.47 Å². The Morgan fingerprint density at radius 1 is 1.25 bits per heavy atom. The molecule has 0 aliphatic heterocycles. The highest BCUT2D eigenvalue weighted by molar-refractivity contribution is 5.87. The van der Waals surface area contributed by atoms with Crippen molar-refractivity contribution in [2.75, 3.05) is 13.7 Å². The van der Waals surface area contributed by atoms with Crippen LogP contribution in [-0.2, 0) is 4.79 Å². The largest absolute Gasteiger partial charge is 0.497 e. The van der Waals surface area contributed by atoms with Gasteiger partial charge in [0.1, 0.15) is 11.5 Å². The molecule has 1 saturated carbocycles. The summed E-state index contributed by atoms with van der Waals surface area (Å²) in [6.07, 6.45) is 5.80. The van der Waals surface area contributed by atoms with Crippen molar-refractivity contribution in [2.24, 2.45) is 0 Å². The summed E-state index contributed by atoms with van der Waals surface area (Å²) in [6.45, 7) is 1.94. The zero-order valence-corrected chi connectivity index (χ0v) is 14.3. The summed E-state index contributed by atoms with van der Waals surface area (Å²) in [7, 11) is 1.63. The van der Waals surface area contributed by atoms with Crippen LogP contribution in [0.4, 0.5) is 0 Å². The molecule has 3 rings (SSSR count). The number of fused-ring (bicyclic) bond motifs is 1. The molecule has 0 unspecified atom stereocenters. The molecule has 0 bridgehead atoms. The van der Waals surface area contributed by atoms with Crippen LogP contribution in [0, 0.1) is 6.92 Å². The van der Waals surface area contributed by atoms with Gasteiger partial charge in [-0.2, -0.15) is 0 Å². The lowest BCUT2D eigenvalue weighted by Gasteiger charge is -2.22. The highest BCUT2D eigenvalue weighted by Gasteiger charge is 2.16. The van der Waals surface area contributed by atoms with E-state index in [9.17, 15) is 4.79 Å². The van der Waals surface area contributed by atoms with Crippen molar-refractivity contribution < 1.29 is 14.3 Å². The second-order valence-corrected chi connectivity index (χ2v) is 6.34. The van der Waals surface area contributed by atoms with E-state index >= 15 is 0 Å². The summed E-state index contributed by atoms with van der Waals surface area (Å²) < 4.78 is 11.1. The fourth-order valence-corrected chi connectivity index (χ4v) is 3.21. The molecule has 24 heavy (non-hydrogen) atoms. The van der Waals surface area contributed by atoms with E-state index in [1.807, 2.05) is 31.2 Å². The number of rotatable bonds is 5. The molecular formula is C19H24N2O3. The van der Waals surface area contributed by atoms with E-state index in [-0.39, 0.29) is 12.5 Å². The average Bonchev–Trinajstić information content (AvgIpc) is 2.60. The minimum Gasteiger partial charge on any atom is -0.497 e. The molecule has 0 spiro atoms. The van der Waals surface area contributed by atoms with Gasteiger partial charge >= 0.3 is 0 Å². The molecule has 5 nitrogen and oxygen atoms in total. The number of hydrogen-bond acceptors (Lipinski definition) is 4. The summed E-state index contributed by atoms with van der Waals surface area (Å²) in [5.41, 5.74) is 1.69. The van der Waals surface area contributed by atoms with Gasteiger partial charge in [0.05, 0.1) is 12.6 Å². The van der Waals surface area contributed by atoms with Gasteiger partial charge in [-0.25, -0.2) is 0 Å². The van der Waals surface area contributed by atoms with Crippen molar-refractivity contribution in [1.82, 2.24) is 10.3 Å². The number of nitrogens with zero attached hydrogens (tertiary/aromatic N) is 1. The molecule has 1 fully saturated rings. The topological polar surface area (TPSA) is 60.5 Å². The van der Waals surface area contributed by atoms with Crippen molar-refractivity contribution >= 4 is 16.8 Å². The SMILES string of the molecule is COc1ccc2nc(C)cc(OCC(=O)NC3CCCCC3)c2c1. The Kier molecular flexibility index (Phi) is 5.18. The maximum Gasteiger partial charge on any atom is 0.258 e. The molecule has 1 amide bonds. The van der Waals surface area contributed by atoms with Crippen molar-refractivity contribution in [2.45, 2.75) is 45.1 Å². The second kappa shape index (κ2) is 7.51. The molecule has 1 N–H and O–H groups in total. The average molecular weight is 328 g/mol. The minimum atomic E-state index is -0.0626. The highest BCUT2D eigenvalue weighted by Crippen LogP contribution is 2.29. The quantitative estimate of drug-likeness (QED) is 0.914. The fraction of sp³-hybridized carbons (Fsp3) is 0.474. The zero-order valence-electron chi connectivity index (χ0n) is 14.3. The van der Waals surface area contributed by atoms with Crippen LogP contribution in [0.2, 0.25) is 0 Å². The Bertz CT molecular complexity index is 724. The number of aryl methyl sites for hydroxylation is 1. The van der Waals surface area contributed by atoms with Gasteiger partial charge in [-0.15, -0.1) is 0 Å². The molecule has 128 valence electrons. The van der Waals surface area contributed by atoms with Gasteiger partial charge < -0.3 is 14.8 Å². The number of carbonyl (C=O) groups excluding carboxylic acids is 1. The minimum absolute atomic E-state index is 0.0201. The van der Waals surface area contributed by atoms with Gasteiger partial charge in [0, 0.05) is 23.2 Å². The number of amides is 1. The van der Waals surface area contributed by atoms with Crippen molar-refractivity contribution in [3.8, 4) is 11.5 Å². The van der Waals surface area contributed by atoms with Crippen LogP contribution in [0.3, 0.4) is 0 Å². The molecule has 1 aromatic carbocycles. The van der Waals surface area contributed by atoms with Gasteiger partial charge in [-0.1, -0.05) is 19.3 Å². The van der Waals surface area contributed by atoms with E-state index in [2.05, 4.69) is 10.3 Å². The monoisotopic (exact) mass is 328 g/mol. The van der Waals surface area contributed by atoms with Gasteiger partial charge in [-0.3, -0.25) is 9.78 Å². The van der Waals surface area contributed by atoms with Crippen LogP contribution in [0.15, 0.2) is 24.3 Å². The third-order valence-corrected chi connectivity index (χ3v) is 4.44. The lowest BCUT2D eigenvalue weighted by molar-refractivity contribution is -0.124. The predicted octanol–water partition coefficient (Wildman–Crippen LogP) is 3.38. The number of nitrogens with one attached hydrogen (secondary N) is 1. The van der Waals surface area contributed by atoms with Crippen molar-refractivity contribution in [3.63, 3.8) is 0 Å². The van der Waals surface area contributed by atoms with Gasteiger partial charge in [0.15, 0.2) is 6.61 Å². The van der Waals surface area contributed by atoms with Crippen LogP contribution >= 0.6 is 0 Å². The van der Waals surface area contributed by atoms with Gasteiger partial charge in [0.25, 0.3) is 5.91 Å². The molecule has 0 saturated heterocycles. The Labute approximate surface area is 142 Å². The first-order chi connectivity index (χ1) is 11.7. The van der Waals surface area contributed by atoms with Crippen LogP contribution in [0.5, 0.6) is 11.5 Å². The van der Waals surface area contributed by atoms with E-state index in [1.165, 1.54) is 19.3 Å². The molecule has 5 heteroatoms. The first-order valence-corrected chi connectivity index (χ1v) is 8.53. The summed E-state index contributed by atoms with van der Waals surface area (Å²) in [5.74, 6) is 1.34. The van der Waals surface area contributed by atoms with Gasteiger partial charge in [-0.05, 0) is 38.0 Å². The number of aromatic nitrogens is 1. The third kappa shape index (κ3) is 3.96. The summed E-state index contributed by atoms with van der Waals surface area (Å²) in [6, 6.07) is 7.81. The Morgan fingerprint density at radius 2 is 2.04 bits per heavy atom. The van der Waals surface area contributed by atoms with Crippen LogP contribution in [0.1, 0.15) is 37.8 Å². The number of carbonyl (C=O) groups is 1. The van der Waals surface area contributed by atoms with Crippen molar-refractivity contribution in [1.29, 1.82) is 0 Å². The summed E-state index contributed by atoms with van der Waals surface area (Å²) in [5, 5.41) is 3.92. The first-order valence-electron chi connectivity index (χ1n) is 8.53. The van der Waals surface area contributed by atoms with Crippen LogP contribution in [-0.4, -0.2) is 30.6 Å². The number of ether oxygens (including phenoxy) is 2. The molecule has 2 aromatic rings. The predicted molar refractivity (Wildman–Crippen MR) is 93.5 cm³/mol. The maximum absolute atomic E-state index is 12.2. The van der Waals surface area contributed by atoms with E-state index in [1.54, 1.807) is 7.11 Å². The van der Waals surface area contributed by atoms with Crippen molar-refractivity contribution in [3.05, 3.63) is 30.0 Å². The number of benzene rings is 1. The number of methoxy groups -OCH3 is 1. The molecule has 1 heterocycles. The normalized spacial score (nSPS) is 15.2. The standard InChI is InChI=1S/C19H24N2O3/c1-13-10-18(16-11-15(23-2)8-9-17(16)20-13)24-12-19(22)21-14-6-4-3-5-7-14/h8-11,14H,3-7,12H2,1-2H3,(H,21,22). The third-order valence-electron chi connectivity index (χ3n) is 4.44. The Balaban J connectivity index is 1.70. The molecule has 1 aliphatic carbocycles. The molecule has 0 radical (unpaired) electrons. The second-order valence-electron chi connectivity index (χ2n) is 6.34. The Hall–Kier alpha value is -2.30. The zero-order chi connectivity index (χ0) is 16.9. The Morgan fingerprint density at radius 3 is 2.79 bits per heavy atom. The summed E-state index contributed by atoms with van der Waals surface area (Å²) in [4.78, 5) is 16.6. The van der Waals surface area contributed by atoms with Crippen LogP contribution in [0.25, 0.3) is 10.9 Å². The van der Waals surface area contributed by atoms with E-state index < -0.39 is 0 Å². The maximum atomic E-state index is 12.2. The molecule has 1 aliphatic rings. The highest BCUT2D eigenvalue weighted by atomic mass is 16.5. The van der Waals surface area contributed by atoms with Gasteiger partial charge in [0.2, 0.25) is 0 Å². The fourth-order valence-electron chi connectivity index (χ4n) is 3.21. The van der Waals surface area contributed by atoms with E-state index in [0.717, 1.165) is 35.2 Å². The number of hydrogen-bond donors (Lipinski definition) is 1. The lowest BCUT2D eigenvalue weighted by Crippen LogP contribution is -2.39. The molecular weight excluding hydrogens is 304 g/mol. The lowest BCUT2D eigenvalue weighted by atomic mass is 9.95. The summed E-state index contributed by atoms with van der Waals surface area (Å²) >= 11 is 0. The molecule has 1 aromatic heterocycles.